The molecule has 1 aromatic rings. The van der Waals surface area contributed by atoms with Crippen LogP contribution in [0.5, 0.6) is 0 Å². The van der Waals surface area contributed by atoms with Gasteiger partial charge in [0.25, 0.3) is 0 Å². The Bertz CT molecular complexity index is 496. The molecular formula is C13H20ClN5S. The number of thiocarbonyl (C=S) groups is 1. The minimum atomic E-state index is -0.242. The summed E-state index contributed by atoms with van der Waals surface area (Å²) < 4.78 is 0. The molecule has 0 aromatic carbocycles. The van der Waals surface area contributed by atoms with Gasteiger partial charge in [0.05, 0.1) is 16.3 Å². The normalized spacial score (nSPS) is 12.1. The van der Waals surface area contributed by atoms with Crippen LogP contribution in [0, 0.1) is 0 Å². The Morgan fingerprint density at radius 3 is 2.80 bits per heavy atom. The quantitative estimate of drug-likeness (QED) is 0.451. The molecule has 1 aromatic heterocycles. The molecule has 0 bridgehead atoms. The molecule has 0 aliphatic heterocycles. The highest BCUT2D eigenvalue weighted by Gasteiger charge is 2.08. The van der Waals surface area contributed by atoms with Crippen molar-refractivity contribution in [2.75, 3.05) is 6.54 Å². The number of hydrogen-bond acceptors (Lipinski definition) is 3. The van der Waals surface area contributed by atoms with Gasteiger partial charge in [-0.15, -0.1) is 0 Å². The third-order valence-electron chi connectivity index (χ3n) is 2.18. The first-order valence-electron chi connectivity index (χ1n) is 6.27. The molecule has 0 saturated carbocycles. The minimum absolute atomic E-state index is 0.242. The van der Waals surface area contributed by atoms with Crippen molar-refractivity contribution in [2.24, 2.45) is 10.7 Å². The van der Waals surface area contributed by atoms with Crippen LogP contribution in [0.2, 0.25) is 5.02 Å². The summed E-state index contributed by atoms with van der Waals surface area (Å²) in [5.41, 5.74) is 6.34. The second-order valence-corrected chi connectivity index (χ2v) is 6.05. The maximum atomic E-state index is 6.02. The first-order chi connectivity index (χ1) is 9.28. The van der Waals surface area contributed by atoms with Gasteiger partial charge in [0.1, 0.15) is 0 Å². The molecule has 110 valence electrons. The van der Waals surface area contributed by atoms with Crippen LogP contribution in [0.3, 0.4) is 0 Å². The molecule has 0 radical (unpaired) electrons. The first-order valence-corrected chi connectivity index (χ1v) is 7.06. The highest BCUT2D eigenvalue weighted by Crippen LogP contribution is 2.11. The predicted molar refractivity (Wildman–Crippen MR) is 88.1 cm³/mol. The van der Waals surface area contributed by atoms with E-state index in [1.807, 2.05) is 26.8 Å². The van der Waals surface area contributed by atoms with Crippen molar-refractivity contribution in [3.63, 3.8) is 0 Å². The Kier molecular flexibility index (Phi) is 6.16. The molecule has 1 heterocycles. The molecule has 5 nitrogen and oxygen atoms in total. The van der Waals surface area contributed by atoms with Crippen molar-refractivity contribution in [1.29, 1.82) is 0 Å². The third-order valence-corrected chi connectivity index (χ3v) is 2.77. The molecule has 4 N–H and O–H groups in total. The van der Waals surface area contributed by atoms with Crippen LogP contribution < -0.4 is 16.4 Å². The molecule has 0 fully saturated rings. The van der Waals surface area contributed by atoms with Gasteiger partial charge in [-0.2, -0.15) is 0 Å². The zero-order valence-corrected chi connectivity index (χ0v) is 13.5. The fourth-order valence-corrected chi connectivity index (χ4v) is 1.87. The smallest absolute Gasteiger partial charge is 0.195 e. The van der Waals surface area contributed by atoms with Crippen molar-refractivity contribution in [3.8, 4) is 0 Å². The Morgan fingerprint density at radius 1 is 1.50 bits per heavy atom. The van der Waals surface area contributed by atoms with Crippen LogP contribution in [-0.2, 0) is 6.42 Å². The van der Waals surface area contributed by atoms with Crippen LogP contribution in [-0.4, -0.2) is 28.1 Å². The molecule has 7 heteroatoms. The average Bonchev–Trinajstić information content (AvgIpc) is 2.28. The number of aliphatic imine (C=N–C) groups is 1. The summed E-state index contributed by atoms with van der Waals surface area (Å²) in [5.74, 6) is 0.297. The van der Waals surface area contributed by atoms with E-state index in [-0.39, 0.29) is 5.54 Å². The van der Waals surface area contributed by atoms with E-state index in [9.17, 15) is 0 Å². The number of guanidine groups is 1. The van der Waals surface area contributed by atoms with Gasteiger partial charge in [0.2, 0.25) is 0 Å². The average molecular weight is 314 g/mol. The highest BCUT2D eigenvalue weighted by atomic mass is 35.5. The van der Waals surface area contributed by atoms with E-state index < -0.39 is 0 Å². The van der Waals surface area contributed by atoms with E-state index in [2.05, 4.69) is 20.6 Å². The number of rotatable bonds is 3. The van der Waals surface area contributed by atoms with E-state index in [1.54, 1.807) is 12.3 Å². The number of pyridine rings is 1. The van der Waals surface area contributed by atoms with Crippen molar-refractivity contribution in [1.82, 2.24) is 15.6 Å². The maximum absolute atomic E-state index is 6.02. The fourth-order valence-electron chi connectivity index (χ4n) is 1.45. The van der Waals surface area contributed by atoms with Crippen LogP contribution in [0.25, 0.3) is 0 Å². The molecule has 0 unspecified atom stereocenters. The first kappa shape index (κ1) is 16.7. The van der Waals surface area contributed by atoms with Gasteiger partial charge in [0, 0.05) is 19.2 Å². The number of nitrogens with one attached hydrogen (secondary N) is 2. The number of nitrogens with two attached hydrogens (primary N) is 1. The lowest BCUT2D eigenvalue weighted by atomic mass is 10.1. The summed E-state index contributed by atoms with van der Waals surface area (Å²) >= 11 is 11.1. The third kappa shape index (κ3) is 6.68. The molecule has 0 amide bonds. The fraction of sp³-hybridized carbons (Fsp3) is 0.462. The molecule has 0 spiro atoms. The molecule has 0 aliphatic rings. The minimum Gasteiger partial charge on any atom is -0.370 e. The van der Waals surface area contributed by atoms with Crippen molar-refractivity contribution in [3.05, 3.63) is 29.0 Å². The largest absolute Gasteiger partial charge is 0.370 e. The molecule has 0 aliphatic carbocycles. The van der Waals surface area contributed by atoms with Crippen LogP contribution in [0.1, 0.15) is 26.5 Å². The second-order valence-electron chi connectivity index (χ2n) is 5.23. The number of nitrogens with zero attached hydrogens (tertiary/aromatic N) is 2. The van der Waals surface area contributed by atoms with Gasteiger partial charge < -0.3 is 16.4 Å². The standard InChI is InChI=1S/C13H20ClN5S/c1-13(2,3)19-11(15)18-12(20)17-8-6-10-9(14)5-4-7-16-10/h4-5,7H,6,8H2,1-3H3,(H4,15,17,18,19,20). The van der Waals surface area contributed by atoms with E-state index in [4.69, 9.17) is 29.6 Å². The Labute approximate surface area is 130 Å². The SMILES string of the molecule is CC(C)(C)N=C(N)NC(=S)NCCc1ncccc1Cl. The Morgan fingerprint density at radius 2 is 2.20 bits per heavy atom. The monoisotopic (exact) mass is 313 g/mol. The Hall–Kier alpha value is -1.40. The van der Waals surface area contributed by atoms with Gasteiger partial charge in [-0.05, 0) is 45.1 Å². The van der Waals surface area contributed by atoms with Gasteiger partial charge in [-0.1, -0.05) is 11.6 Å². The lowest BCUT2D eigenvalue weighted by Crippen LogP contribution is -2.44. The number of halogens is 1. The maximum Gasteiger partial charge on any atom is 0.195 e. The summed E-state index contributed by atoms with van der Waals surface area (Å²) in [7, 11) is 0. The van der Waals surface area contributed by atoms with Crippen molar-refractivity contribution in [2.45, 2.75) is 32.7 Å². The van der Waals surface area contributed by atoms with E-state index in [1.165, 1.54) is 0 Å². The molecule has 0 atom stereocenters. The van der Waals surface area contributed by atoms with Crippen molar-refractivity contribution >= 4 is 34.9 Å². The summed E-state index contributed by atoms with van der Waals surface area (Å²) in [6.45, 7) is 6.49. The van der Waals surface area contributed by atoms with Gasteiger partial charge in [0.15, 0.2) is 11.1 Å². The van der Waals surface area contributed by atoms with Gasteiger partial charge >= 0.3 is 0 Å². The molecular weight excluding hydrogens is 294 g/mol. The van der Waals surface area contributed by atoms with E-state index in [0.717, 1.165) is 5.69 Å². The predicted octanol–water partition coefficient (Wildman–Crippen LogP) is 1.85. The Balaban J connectivity index is 2.38. The zero-order chi connectivity index (χ0) is 15.2. The van der Waals surface area contributed by atoms with Crippen molar-refractivity contribution < 1.29 is 0 Å². The van der Waals surface area contributed by atoms with Crippen LogP contribution >= 0.6 is 23.8 Å². The summed E-state index contributed by atoms with van der Waals surface area (Å²) in [5, 5.41) is 6.96. The second kappa shape index (κ2) is 7.40. The van der Waals surface area contributed by atoms with E-state index in [0.29, 0.717) is 29.1 Å². The molecule has 1 rings (SSSR count). The summed E-state index contributed by atoms with van der Waals surface area (Å²) in [6.07, 6.45) is 2.39. The van der Waals surface area contributed by atoms with Crippen LogP contribution in [0.4, 0.5) is 0 Å². The number of hydrogen-bond donors (Lipinski definition) is 3. The zero-order valence-electron chi connectivity index (χ0n) is 11.9. The topological polar surface area (TPSA) is 75.3 Å². The lowest BCUT2D eigenvalue weighted by Gasteiger charge is -2.15. The summed E-state index contributed by atoms with van der Waals surface area (Å²) in [6, 6.07) is 3.61. The van der Waals surface area contributed by atoms with Gasteiger partial charge in [-0.3, -0.25) is 4.98 Å². The van der Waals surface area contributed by atoms with Crippen LogP contribution in [0.15, 0.2) is 23.3 Å². The van der Waals surface area contributed by atoms with Gasteiger partial charge in [-0.25, -0.2) is 4.99 Å². The molecule has 0 saturated heterocycles. The summed E-state index contributed by atoms with van der Waals surface area (Å²) in [4.78, 5) is 8.45. The highest BCUT2D eigenvalue weighted by molar-refractivity contribution is 7.80. The molecule has 20 heavy (non-hydrogen) atoms. The number of aromatic nitrogens is 1. The lowest BCUT2D eigenvalue weighted by molar-refractivity contribution is 0.580. The van der Waals surface area contributed by atoms with E-state index >= 15 is 0 Å².